The molecular formula is C21H38O3. The van der Waals surface area contributed by atoms with E-state index >= 15 is 0 Å². The van der Waals surface area contributed by atoms with Gasteiger partial charge in [0.2, 0.25) is 0 Å². The molecule has 0 aliphatic carbocycles. The minimum Gasteiger partial charge on any atom is -0.479 e. The Balaban J connectivity index is 1.85. The maximum absolute atomic E-state index is 11.2. The van der Waals surface area contributed by atoms with Crippen LogP contribution in [-0.2, 0) is 9.53 Å². The summed E-state index contributed by atoms with van der Waals surface area (Å²) in [5, 5.41) is 9.24. The Morgan fingerprint density at radius 1 is 0.958 bits per heavy atom. The predicted molar refractivity (Wildman–Crippen MR) is 100 cm³/mol. The highest BCUT2D eigenvalue weighted by atomic mass is 16.6. The van der Waals surface area contributed by atoms with Gasteiger partial charge in [0.05, 0.1) is 6.10 Å². The minimum atomic E-state index is -0.946. The number of unbranched alkanes of at least 4 members (excludes halogenated alkanes) is 12. The molecule has 0 bridgehead atoms. The lowest BCUT2D eigenvalue weighted by molar-refractivity contribution is -0.143. The molecule has 0 radical (unpaired) electrons. The van der Waals surface area contributed by atoms with Crippen LogP contribution in [0, 0.1) is 0 Å². The van der Waals surface area contributed by atoms with E-state index in [2.05, 4.69) is 13.5 Å². The number of epoxide rings is 1. The molecule has 1 heterocycles. The van der Waals surface area contributed by atoms with Gasteiger partial charge < -0.3 is 9.84 Å². The fourth-order valence-electron chi connectivity index (χ4n) is 3.53. The number of carboxylic acid groups (broad SMARTS) is 1. The maximum Gasteiger partial charge on any atom is 0.339 e. The van der Waals surface area contributed by atoms with E-state index in [9.17, 15) is 9.90 Å². The van der Waals surface area contributed by atoms with Gasteiger partial charge in [0.1, 0.15) is 0 Å². The second-order valence-electron chi connectivity index (χ2n) is 7.33. The molecule has 24 heavy (non-hydrogen) atoms. The van der Waals surface area contributed by atoms with Crippen LogP contribution in [0.15, 0.2) is 12.7 Å². The van der Waals surface area contributed by atoms with Gasteiger partial charge in [-0.2, -0.15) is 0 Å². The number of carbonyl (C=O) groups is 1. The molecule has 1 saturated heterocycles. The van der Waals surface area contributed by atoms with Crippen molar-refractivity contribution in [3.63, 3.8) is 0 Å². The summed E-state index contributed by atoms with van der Waals surface area (Å²) in [6, 6.07) is 0. The quantitative estimate of drug-likeness (QED) is 0.193. The minimum absolute atomic E-state index is 0.0966. The maximum atomic E-state index is 11.2. The summed E-state index contributed by atoms with van der Waals surface area (Å²) in [5.41, 5.74) is -0.946. The van der Waals surface area contributed by atoms with Gasteiger partial charge in [0, 0.05) is 6.42 Å². The van der Waals surface area contributed by atoms with E-state index in [1.54, 1.807) is 6.08 Å². The third-order valence-electron chi connectivity index (χ3n) is 5.19. The summed E-state index contributed by atoms with van der Waals surface area (Å²) < 4.78 is 5.44. The molecule has 1 aliphatic heterocycles. The standard InChI is InChI=1S/C21H38O3/c1-3-5-6-7-8-9-10-11-12-13-14-15-16-17-19-21(24-19,18-4-2)20(22)23/h4,19H,2-3,5-18H2,1H3,(H,22,23). The van der Waals surface area contributed by atoms with Gasteiger partial charge in [0.25, 0.3) is 0 Å². The van der Waals surface area contributed by atoms with Gasteiger partial charge in [-0.25, -0.2) is 4.79 Å². The molecule has 1 aliphatic rings. The summed E-state index contributed by atoms with van der Waals surface area (Å²) >= 11 is 0. The molecule has 3 nitrogen and oxygen atoms in total. The Labute approximate surface area is 148 Å². The van der Waals surface area contributed by atoms with Crippen molar-refractivity contribution in [2.24, 2.45) is 0 Å². The lowest BCUT2D eigenvalue weighted by atomic mass is 9.97. The Morgan fingerprint density at radius 3 is 1.83 bits per heavy atom. The van der Waals surface area contributed by atoms with Crippen molar-refractivity contribution in [2.45, 2.75) is 115 Å². The van der Waals surface area contributed by atoms with Crippen LogP contribution in [0.4, 0.5) is 0 Å². The van der Waals surface area contributed by atoms with Gasteiger partial charge in [-0.15, -0.1) is 6.58 Å². The Bertz CT molecular complexity index is 353. The largest absolute Gasteiger partial charge is 0.479 e. The van der Waals surface area contributed by atoms with Crippen LogP contribution in [0.1, 0.15) is 103 Å². The van der Waals surface area contributed by atoms with E-state index < -0.39 is 11.6 Å². The van der Waals surface area contributed by atoms with Crippen LogP contribution in [-0.4, -0.2) is 22.8 Å². The first-order valence-corrected chi connectivity index (χ1v) is 10.2. The zero-order chi connectivity index (χ0) is 17.7. The number of rotatable bonds is 17. The van der Waals surface area contributed by atoms with Crippen LogP contribution in [0.2, 0.25) is 0 Å². The zero-order valence-electron chi connectivity index (χ0n) is 15.7. The van der Waals surface area contributed by atoms with E-state index in [4.69, 9.17) is 4.74 Å². The molecule has 1 fully saturated rings. The first kappa shape index (κ1) is 21.2. The Hall–Kier alpha value is -0.830. The molecule has 2 unspecified atom stereocenters. The van der Waals surface area contributed by atoms with E-state index in [0.29, 0.717) is 6.42 Å². The fourth-order valence-corrected chi connectivity index (χ4v) is 3.53. The summed E-state index contributed by atoms with van der Waals surface area (Å²) in [5.74, 6) is -0.831. The first-order chi connectivity index (χ1) is 11.7. The number of aliphatic carboxylic acids is 1. The molecule has 2 atom stereocenters. The SMILES string of the molecule is C=CCC1(C(=O)O)OC1CCCCCCCCCCCCCCC. The van der Waals surface area contributed by atoms with Crippen molar-refractivity contribution in [3.8, 4) is 0 Å². The fraction of sp³-hybridized carbons (Fsp3) is 0.857. The highest BCUT2D eigenvalue weighted by molar-refractivity contribution is 5.81. The zero-order valence-corrected chi connectivity index (χ0v) is 15.7. The topological polar surface area (TPSA) is 49.8 Å². The van der Waals surface area contributed by atoms with Gasteiger partial charge in [-0.1, -0.05) is 96.5 Å². The summed E-state index contributed by atoms with van der Waals surface area (Å²) in [6.07, 6.45) is 20.2. The lowest BCUT2D eigenvalue weighted by Gasteiger charge is -2.04. The smallest absolute Gasteiger partial charge is 0.339 e. The predicted octanol–water partition coefficient (Wildman–Crippen LogP) is 6.27. The average Bonchev–Trinajstić information content (AvgIpc) is 3.26. The molecule has 1 rings (SSSR count). The van der Waals surface area contributed by atoms with Crippen LogP contribution in [0.25, 0.3) is 0 Å². The van der Waals surface area contributed by atoms with Gasteiger partial charge in [-0.05, 0) is 6.42 Å². The summed E-state index contributed by atoms with van der Waals surface area (Å²) in [7, 11) is 0. The normalized spacial score (nSPS) is 22.5. The molecular weight excluding hydrogens is 300 g/mol. The van der Waals surface area contributed by atoms with Crippen molar-refractivity contribution < 1.29 is 14.6 Å². The van der Waals surface area contributed by atoms with Crippen molar-refractivity contribution in [1.29, 1.82) is 0 Å². The van der Waals surface area contributed by atoms with E-state index in [1.165, 1.54) is 77.0 Å². The van der Waals surface area contributed by atoms with E-state index in [-0.39, 0.29) is 6.10 Å². The van der Waals surface area contributed by atoms with Gasteiger partial charge in [0.15, 0.2) is 5.60 Å². The highest BCUT2D eigenvalue weighted by Gasteiger charge is 2.61. The second kappa shape index (κ2) is 12.5. The molecule has 0 aromatic carbocycles. The summed E-state index contributed by atoms with van der Waals surface area (Å²) in [4.78, 5) is 11.2. The monoisotopic (exact) mass is 338 g/mol. The van der Waals surface area contributed by atoms with Crippen molar-refractivity contribution in [3.05, 3.63) is 12.7 Å². The van der Waals surface area contributed by atoms with Crippen LogP contribution < -0.4 is 0 Å². The third kappa shape index (κ3) is 7.83. The molecule has 0 amide bonds. The molecule has 3 heteroatoms. The van der Waals surface area contributed by atoms with Crippen LogP contribution in [0.3, 0.4) is 0 Å². The van der Waals surface area contributed by atoms with Gasteiger partial charge >= 0.3 is 5.97 Å². The first-order valence-electron chi connectivity index (χ1n) is 10.2. The molecule has 0 aromatic rings. The second-order valence-corrected chi connectivity index (χ2v) is 7.33. The van der Waals surface area contributed by atoms with Crippen molar-refractivity contribution in [1.82, 2.24) is 0 Å². The van der Waals surface area contributed by atoms with E-state index in [1.807, 2.05) is 0 Å². The Morgan fingerprint density at radius 2 is 1.42 bits per heavy atom. The van der Waals surface area contributed by atoms with Crippen LogP contribution >= 0.6 is 0 Å². The third-order valence-corrected chi connectivity index (χ3v) is 5.19. The molecule has 0 aromatic heterocycles. The molecule has 0 spiro atoms. The lowest BCUT2D eigenvalue weighted by Crippen LogP contribution is -2.26. The van der Waals surface area contributed by atoms with Crippen molar-refractivity contribution >= 4 is 5.97 Å². The molecule has 1 N–H and O–H groups in total. The highest BCUT2D eigenvalue weighted by Crippen LogP contribution is 2.43. The summed E-state index contributed by atoms with van der Waals surface area (Å²) in [6.45, 7) is 5.89. The Kier molecular flexibility index (Phi) is 11.1. The van der Waals surface area contributed by atoms with Gasteiger partial charge in [-0.3, -0.25) is 0 Å². The van der Waals surface area contributed by atoms with E-state index in [0.717, 1.165) is 12.8 Å². The number of hydrogen-bond acceptors (Lipinski definition) is 2. The number of hydrogen-bond donors (Lipinski definition) is 1. The number of carboxylic acids is 1. The van der Waals surface area contributed by atoms with Crippen LogP contribution in [0.5, 0.6) is 0 Å². The van der Waals surface area contributed by atoms with Crippen molar-refractivity contribution in [2.75, 3.05) is 0 Å². The molecule has 0 saturated carbocycles. The molecule has 140 valence electrons. The average molecular weight is 339 g/mol. The number of ether oxygens (including phenoxy) is 1.